The van der Waals surface area contributed by atoms with E-state index < -0.39 is 0 Å². The van der Waals surface area contributed by atoms with Crippen molar-refractivity contribution in [1.29, 1.82) is 0 Å². The molecule has 1 unspecified atom stereocenters. The highest BCUT2D eigenvalue weighted by molar-refractivity contribution is 9.13. The third-order valence-electron chi connectivity index (χ3n) is 2.70. The van der Waals surface area contributed by atoms with Gasteiger partial charge in [0.1, 0.15) is 5.82 Å². The van der Waals surface area contributed by atoms with Crippen LogP contribution < -0.4 is 5.73 Å². The number of hydrogen-bond donors (Lipinski definition) is 1. The summed E-state index contributed by atoms with van der Waals surface area (Å²) in [5, 5.41) is 0. The molecule has 0 aliphatic carbocycles. The minimum absolute atomic E-state index is 0.00407. The number of thiophene rings is 1. The predicted molar refractivity (Wildman–Crippen MR) is 82.9 cm³/mol. The van der Waals surface area contributed by atoms with Gasteiger partial charge in [-0.1, -0.05) is 6.92 Å². The lowest BCUT2D eigenvalue weighted by Gasteiger charge is -2.11. The summed E-state index contributed by atoms with van der Waals surface area (Å²) in [4.78, 5) is 5.56. The van der Waals surface area contributed by atoms with Gasteiger partial charge in [0, 0.05) is 40.8 Å². The van der Waals surface area contributed by atoms with Crippen LogP contribution in [0.15, 0.2) is 26.7 Å². The Labute approximate surface area is 128 Å². The van der Waals surface area contributed by atoms with Crippen molar-refractivity contribution < 1.29 is 0 Å². The number of aryl methyl sites for hydroxylation is 1. The molecule has 0 saturated carbocycles. The van der Waals surface area contributed by atoms with Crippen molar-refractivity contribution in [2.24, 2.45) is 5.73 Å². The van der Waals surface area contributed by atoms with Crippen molar-refractivity contribution in [1.82, 2.24) is 9.55 Å². The van der Waals surface area contributed by atoms with E-state index in [0.29, 0.717) is 0 Å². The summed E-state index contributed by atoms with van der Waals surface area (Å²) in [5.41, 5.74) is 6.25. The second-order valence-corrected chi connectivity index (χ2v) is 7.37. The lowest BCUT2D eigenvalue weighted by molar-refractivity contribution is 0.602. The van der Waals surface area contributed by atoms with Gasteiger partial charge < -0.3 is 10.3 Å². The molecule has 6 heteroatoms. The second kappa shape index (κ2) is 6.32. The molecule has 0 fully saturated rings. The standard InChI is InChI=1S/C12H15Br2N3S/c1-2-4-17-5-3-16-11(17)7-9(15)10-6-8(13)12(14)18-10/h3,5-6,9H,2,4,7,15H2,1H3. The number of aromatic nitrogens is 2. The predicted octanol–water partition coefficient (Wildman–Crippen LogP) is 4.12. The summed E-state index contributed by atoms with van der Waals surface area (Å²) in [6.45, 7) is 3.16. The van der Waals surface area contributed by atoms with E-state index in [9.17, 15) is 0 Å². The maximum absolute atomic E-state index is 6.25. The van der Waals surface area contributed by atoms with E-state index in [0.717, 1.165) is 33.5 Å². The summed E-state index contributed by atoms with van der Waals surface area (Å²) in [5.74, 6) is 1.06. The van der Waals surface area contributed by atoms with Crippen LogP contribution in [0.1, 0.15) is 30.1 Å². The van der Waals surface area contributed by atoms with Crippen molar-refractivity contribution in [2.45, 2.75) is 32.4 Å². The molecule has 0 amide bonds. The SMILES string of the molecule is CCCn1ccnc1CC(N)c1cc(Br)c(Br)s1. The molecular weight excluding hydrogens is 378 g/mol. The number of nitrogens with two attached hydrogens (primary N) is 1. The van der Waals surface area contributed by atoms with Crippen molar-refractivity contribution in [2.75, 3.05) is 0 Å². The maximum Gasteiger partial charge on any atom is 0.110 e. The molecule has 2 aromatic rings. The van der Waals surface area contributed by atoms with E-state index in [1.165, 1.54) is 4.88 Å². The molecule has 0 spiro atoms. The first kappa shape index (κ1) is 14.2. The minimum atomic E-state index is -0.00407. The Kier molecular flexibility index (Phi) is 5.00. The van der Waals surface area contributed by atoms with Crippen LogP contribution in [-0.4, -0.2) is 9.55 Å². The highest BCUT2D eigenvalue weighted by atomic mass is 79.9. The average Bonchev–Trinajstić information content (AvgIpc) is 2.88. The second-order valence-electron chi connectivity index (χ2n) is 4.12. The number of halogens is 2. The molecule has 2 heterocycles. The molecule has 0 aliphatic heterocycles. The fourth-order valence-electron chi connectivity index (χ4n) is 1.82. The van der Waals surface area contributed by atoms with Gasteiger partial charge in [-0.2, -0.15) is 0 Å². The minimum Gasteiger partial charge on any atom is -0.335 e. The summed E-state index contributed by atoms with van der Waals surface area (Å²) >= 11 is 8.66. The zero-order chi connectivity index (χ0) is 13.1. The van der Waals surface area contributed by atoms with E-state index >= 15 is 0 Å². The normalized spacial score (nSPS) is 12.9. The zero-order valence-electron chi connectivity index (χ0n) is 10.1. The lowest BCUT2D eigenvalue weighted by atomic mass is 10.2. The Balaban J connectivity index is 2.10. The lowest BCUT2D eigenvalue weighted by Crippen LogP contribution is -2.15. The van der Waals surface area contributed by atoms with Crippen LogP contribution >= 0.6 is 43.2 Å². The molecule has 2 rings (SSSR count). The van der Waals surface area contributed by atoms with Crippen LogP contribution in [-0.2, 0) is 13.0 Å². The van der Waals surface area contributed by atoms with Crippen molar-refractivity contribution in [3.8, 4) is 0 Å². The van der Waals surface area contributed by atoms with Gasteiger partial charge in [-0.15, -0.1) is 11.3 Å². The fourth-order valence-corrected chi connectivity index (χ4v) is 3.91. The maximum atomic E-state index is 6.25. The Bertz CT molecular complexity index is 502. The van der Waals surface area contributed by atoms with Crippen LogP contribution in [0.2, 0.25) is 0 Å². The third-order valence-corrected chi connectivity index (χ3v) is 6.09. The van der Waals surface area contributed by atoms with Crippen LogP contribution in [0.5, 0.6) is 0 Å². The van der Waals surface area contributed by atoms with Crippen LogP contribution in [0, 0.1) is 0 Å². The molecule has 18 heavy (non-hydrogen) atoms. The van der Waals surface area contributed by atoms with E-state index in [4.69, 9.17) is 5.73 Å². The Morgan fingerprint density at radius 1 is 1.50 bits per heavy atom. The van der Waals surface area contributed by atoms with Crippen molar-refractivity contribution in [3.63, 3.8) is 0 Å². The highest BCUT2D eigenvalue weighted by Crippen LogP contribution is 2.35. The van der Waals surface area contributed by atoms with Gasteiger partial charge in [0.2, 0.25) is 0 Å². The molecule has 0 aliphatic rings. The Morgan fingerprint density at radius 2 is 2.28 bits per heavy atom. The molecule has 0 aromatic carbocycles. The Hall–Kier alpha value is -0.170. The van der Waals surface area contributed by atoms with Gasteiger partial charge in [-0.3, -0.25) is 0 Å². The summed E-state index contributed by atoms with van der Waals surface area (Å²) < 4.78 is 4.33. The van der Waals surface area contributed by atoms with Gasteiger partial charge >= 0.3 is 0 Å². The largest absolute Gasteiger partial charge is 0.335 e. The molecule has 0 radical (unpaired) electrons. The first-order valence-electron chi connectivity index (χ1n) is 5.82. The van der Waals surface area contributed by atoms with Crippen LogP contribution in [0.4, 0.5) is 0 Å². The first-order valence-corrected chi connectivity index (χ1v) is 8.22. The van der Waals surface area contributed by atoms with Gasteiger partial charge in [0.25, 0.3) is 0 Å². The van der Waals surface area contributed by atoms with Crippen LogP contribution in [0.25, 0.3) is 0 Å². The van der Waals surface area contributed by atoms with Gasteiger partial charge in [0.05, 0.1) is 3.79 Å². The molecule has 98 valence electrons. The first-order chi connectivity index (χ1) is 8.61. The van der Waals surface area contributed by atoms with E-state index in [1.54, 1.807) is 11.3 Å². The van der Waals surface area contributed by atoms with Gasteiger partial charge in [-0.05, 0) is 44.3 Å². The zero-order valence-corrected chi connectivity index (χ0v) is 14.1. The monoisotopic (exact) mass is 391 g/mol. The van der Waals surface area contributed by atoms with E-state index in [2.05, 4.69) is 54.4 Å². The molecular formula is C12H15Br2N3S. The fraction of sp³-hybridized carbons (Fsp3) is 0.417. The summed E-state index contributed by atoms with van der Waals surface area (Å²) in [6.07, 6.45) is 5.74. The van der Waals surface area contributed by atoms with Crippen molar-refractivity contribution in [3.05, 3.63) is 37.4 Å². The quantitative estimate of drug-likeness (QED) is 0.831. The number of rotatable bonds is 5. The number of hydrogen-bond acceptors (Lipinski definition) is 3. The average molecular weight is 393 g/mol. The molecule has 1 atom stereocenters. The highest BCUT2D eigenvalue weighted by Gasteiger charge is 2.14. The summed E-state index contributed by atoms with van der Waals surface area (Å²) in [6, 6.07) is 2.07. The number of imidazole rings is 1. The molecule has 0 bridgehead atoms. The number of nitrogens with zero attached hydrogens (tertiary/aromatic N) is 2. The van der Waals surface area contributed by atoms with E-state index in [1.807, 2.05) is 12.4 Å². The Morgan fingerprint density at radius 3 is 2.89 bits per heavy atom. The molecule has 0 saturated heterocycles. The topological polar surface area (TPSA) is 43.8 Å². The molecule has 2 aromatic heterocycles. The van der Waals surface area contributed by atoms with E-state index in [-0.39, 0.29) is 6.04 Å². The molecule has 2 N–H and O–H groups in total. The van der Waals surface area contributed by atoms with Crippen LogP contribution in [0.3, 0.4) is 0 Å². The third kappa shape index (κ3) is 3.23. The van der Waals surface area contributed by atoms with Crippen molar-refractivity contribution >= 4 is 43.2 Å². The summed E-state index contributed by atoms with van der Waals surface area (Å²) in [7, 11) is 0. The van der Waals surface area contributed by atoms with Gasteiger partial charge in [-0.25, -0.2) is 4.98 Å². The van der Waals surface area contributed by atoms with Gasteiger partial charge in [0.15, 0.2) is 0 Å². The molecule has 3 nitrogen and oxygen atoms in total. The smallest absolute Gasteiger partial charge is 0.110 e.